The van der Waals surface area contributed by atoms with Crippen LogP contribution in [0.4, 0.5) is 0 Å². The van der Waals surface area contributed by atoms with Crippen LogP contribution < -0.4 is 15.2 Å². The third-order valence-corrected chi connectivity index (χ3v) is 4.88. The number of hydrogen-bond donors (Lipinski definition) is 1. The molecule has 3 atom stereocenters. The number of methoxy groups -OCH3 is 1. The van der Waals surface area contributed by atoms with E-state index in [0.29, 0.717) is 5.92 Å². The number of nitrogens with two attached hydrogens (primary N) is 1. The monoisotopic (exact) mass is 261 g/mol. The van der Waals surface area contributed by atoms with Crippen LogP contribution in [0.5, 0.6) is 11.5 Å². The third-order valence-electron chi connectivity index (χ3n) is 4.88. The Labute approximate surface area is 115 Å². The highest BCUT2D eigenvalue weighted by atomic mass is 16.5. The average molecular weight is 261 g/mol. The molecule has 2 aliphatic rings. The molecule has 19 heavy (non-hydrogen) atoms. The van der Waals surface area contributed by atoms with E-state index in [1.54, 1.807) is 7.11 Å². The van der Waals surface area contributed by atoms with Gasteiger partial charge < -0.3 is 15.2 Å². The molecule has 1 aromatic rings. The van der Waals surface area contributed by atoms with Crippen molar-refractivity contribution >= 4 is 0 Å². The summed E-state index contributed by atoms with van der Waals surface area (Å²) in [5.41, 5.74) is 7.45. The van der Waals surface area contributed by atoms with Crippen molar-refractivity contribution in [3.63, 3.8) is 0 Å². The molecule has 0 radical (unpaired) electrons. The van der Waals surface area contributed by atoms with Crippen LogP contribution in [0.15, 0.2) is 18.2 Å². The minimum absolute atomic E-state index is 0.0424. The lowest BCUT2D eigenvalue weighted by molar-refractivity contribution is -0.0408. The second kappa shape index (κ2) is 4.71. The molecule has 3 nitrogen and oxygen atoms in total. The molecule has 0 bridgehead atoms. The maximum absolute atomic E-state index is 6.41. The first-order chi connectivity index (χ1) is 9.14. The van der Waals surface area contributed by atoms with E-state index in [1.807, 2.05) is 18.2 Å². The van der Waals surface area contributed by atoms with Crippen LogP contribution >= 0.6 is 0 Å². The molecule has 1 fully saturated rings. The molecule has 1 aliphatic heterocycles. The van der Waals surface area contributed by atoms with Crippen molar-refractivity contribution in [1.82, 2.24) is 0 Å². The zero-order chi connectivity index (χ0) is 13.5. The first-order valence-electron chi connectivity index (χ1n) is 7.27. The molecular formula is C16H23NO2. The fourth-order valence-corrected chi connectivity index (χ4v) is 3.62. The van der Waals surface area contributed by atoms with Crippen LogP contribution in [0.2, 0.25) is 0 Å². The molecule has 0 aromatic heterocycles. The summed E-state index contributed by atoms with van der Waals surface area (Å²) in [6.07, 6.45) is 5.87. The number of ether oxygens (including phenoxy) is 2. The summed E-state index contributed by atoms with van der Waals surface area (Å²) in [4.78, 5) is 0. The topological polar surface area (TPSA) is 44.5 Å². The zero-order valence-electron chi connectivity index (χ0n) is 11.8. The van der Waals surface area contributed by atoms with Crippen molar-refractivity contribution in [3.05, 3.63) is 23.8 Å². The quantitative estimate of drug-likeness (QED) is 0.842. The van der Waals surface area contributed by atoms with E-state index >= 15 is 0 Å². The Kier molecular flexibility index (Phi) is 3.17. The second-order valence-corrected chi connectivity index (χ2v) is 6.03. The summed E-state index contributed by atoms with van der Waals surface area (Å²) in [5.74, 6) is 2.39. The van der Waals surface area contributed by atoms with Crippen molar-refractivity contribution < 1.29 is 9.47 Å². The summed E-state index contributed by atoms with van der Waals surface area (Å²) < 4.78 is 11.7. The summed E-state index contributed by atoms with van der Waals surface area (Å²) in [6.45, 7) is 2.31. The smallest absolute Gasteiger partial charge is 0.125 e. The van der Waals surface area contributed by atoms with E-state index in [1.165, 1.54) is 19.3 Å². The molecule has 1 spiro atoms. The van der Waals surface area contributed by atoms with Crippen molar-refractivity contribution in [3.8, 4) is 11.5 Å². The molecule has 2 N–H and O–H groups in total. The van der Waals surface area contributed by atoms with Crippen LogP contribution in [-0.2, 0) is 0 Å². The highest BCUT2D eigenvalue weighted by Crippen LogP contribution is 2.48. The molecule has 3 heteroatoms. The lowest BCUT2D eigenvalue weighted by Crippen LogP contribution is -2.49. The van der Waals surface area contributed by atoms with E-state index in [4.69, 9.17) is 15.2 Å². The molecule has 3 unspecified atom stereocenters. The zero-order valence-corrected chi connectivity index (χ0v) is 11.8. The average Bonchev–Trinajstić information content (AvgIpc) is 2.42. The summed E-state index contributed by atoms with van der Waals surface area (Å²) >= 11 is 0. The predicted octanol–water partition coefficient (Wildman–Crippen LogP) is 3.43. The highest BCUT2D eigenvalue weighted by molar-refractivity contribution is 5.44. The molecule has 1 heterocycles. The summed E-state index contributed by atoms with van der Waals surface area (Å²) in [5, 5.41) is 0. The second-order valence-electron chi connectivity index (χ2n) is 6.03. The summed E-state index contributed by atoms with van der Waals surface area (Å²) in [6, 6.07) is 6.04. The van der Waals surface area contributed by atoms with Crippen LogP contribution in [0.1, 0.15) is 50.6 Å². The predicted molar refractivity (Wildman–Crippen MR) is 75.5 cm³/mol. The van der Waals surface area contributed by atoms with Gasteiger partial charge >= 0.3 is 0 Å². The fourth-order valence-electron chi connectivity index (χ4n) is 3.62. The maximum Gasteiger partial charge on any atom is 0.125 e. The first kappa shape index (κ1) is 12.8. The fraction of sp³-hybridized carbons (Fsp3) is 0.625. The SMILES string of the molecule is COc1ccc2c(c1)C(N)CC1(CCCCC1C)O2. The third kappa shape index (κ3) is 2.10. The lowest BCUT2D eigenvalue weighted by atomic mass is 9.71. The Morgan fingerprint density at radius 1 is 1.37 bits per heavy atom. The van der Waals surface area contributed by atoms with E-state index in [9.17, 15) is 0 Å². The number of rotatable bonds is 1. The van der Waals surface area contributed by atoms with Crippen molar-refractivity contribution in [2.45, 2.75) is 50.7 Å². The van der Waals surface area contributed by atoms with Crippen LogP contribution in [0, 0.1) is 5.92 Å². The van der Waals surface area contributed by atoms with Gasteiger partial charge in [-0.1, -0.05) is 13.3 Å². The molecule has 1 aromatic carbocycles. The van der Waals surface area contributed by atoms with Gasteiger partial charge in [-0.25, -0.2) is 0 Å². The van der Waals surface area contributed by atoms with E-state index in [2.05, 4.69) is 6.92 Å². The largest absolute Gasteiger partial charge is 0.497 e. The molecule has 1 aliphatic carbocycles. The molecular weight excluding hydrogens is 238 g/mol. The Hall–Kier alpha value is -1.22. The maximum atomic E-state index is 6.41. The van der Waals surface area contributed by atoms with Gasteiger partial charge in [0.15, 0.2) is 0 Å². The van der Waals surface area contributed by atoms with Gasteiger partial charge in [-0.05, 0) is 43.4 Å². The molecule has 104 valence electrons. The van der Waals surface area contributed by atoms with Crippen LogP contribution in [0.25, 0.3) is 0 Å². The Balaban J connectivity index is 1.95. The van der Waals surface area contributed by atoms with Gasteiger partial charge in [0.25, 0.3) is 0 Å². The standard InChI is InChI=1S/C16H23NO2/c1-11-5-3-4-8-16(11)10-14(17)13-9-12(18-2)6-7-15(13)19-16/h6-7,9,11,14H,3-5,8,10,17H2,1-2H3. The van der Waals surface area contributed by atoms with Crippen LogP contribution in [-0.4, -0.2) is 12.7 Å². The molecule has 0 amide bonds. The Morgan fingerprint density at radius 2 is 2.21 bits per heavy atom. The van der Waals surface area contributed by atoms with Crippen LogP contribution in [0.3, 0.4) is 0 Å². The Bertz CT molecular complexity index is 474. The highest BCUT2D eigenvalue weighted by Gasteiger charge is 2.45. The van der Waals surface area contributed by atoms with Crippen molar-refractivity contribution in [2.75, 3.05) is 7.11 Å². The minimum Gasteiger partial charge on any atom is -0.497 e. The molecule has 3 rings (SSSR count). The van der Waals surface area contributed by atoms with E-state index in [-0.39, 0.29) is 11.6 Å². The summed E-state index contributed by atoms with van der Waals surface area (Å²) in [7, 11) is 1.68. The van der Waals surface area contributed by atoms with Gasteiger partial charge in [0.05, 0.1) is 7.11 Å². The van der Waals surface area contributed by atoms with Gasteiger partial charge in [-0.2, -0.15) is 0 Å². The van der Waals surface area contributed by atoms with Gasteiger partial charge in [0.1, 0.15) is 17.1 Å². The molecule has 0 saturated heterocycles. The number of benzene rings is 1. The van der Waals surface area contributed by atoms with E-state index < -0.39 is 0 Å². The first-order valence-corrected chi connectivity index (χ1v) is 7.27. The van der Waals surface area contributed by atoms with E-state index in [0.717, 1.165) is 29.9 Å². The Morgan fingerprint density at radius 3 is 2.95 bits per heavy atom. The molecule has 1 saturated carbocycles. The van der Waals surface area contributed by atoms with Gasteiger partial charge in [-0.3, -0.25) is 0 Å². The van der Waals surface area contributed by atoms with Gasteiger partial charge in [0, 0.05) is 18.0 Å². The lowest BCUT2D eigenvalue weighted by Gasteiger charge is -2.47. The minimum atomic E-state index is -0.0424. The van der Waals surface area contributed by atoms with Gasteiger partial charge in [-0.15, -0.1) is 0 Å². The van der Waals surface area contributed by atoms with Crippen molar-refractivity contribution in [2.24, 2.45) is 11.7 Å². The van der Waals surface area contributed by atoms with Crippen molar-refractivity contribution in [1.29, 1.82) is 0 Å². The normalized spacial score (nSPS) is 33.6. The van der Waals surface area contributed by atoms with Gasteiger partial charge in [0.2, 0.25) is 0 Å². The number of fused-ring (bicyclic) bond motifs is 1. The number of hydrogen-bond acceptors (Lipinski definition) is 3.